The smallest absolute Gasteiger partial charge is 0.160 e. The van der Waals surface area contributed by atoms with Crippen molar-refractivity contribution < 1.29 is 4.74 Å². The van der Waals surface area contributed by atoms with Crippen LogP contribution in [0.15, 0.2) is 0 Å². The molecule has 1 aliphatic carbocycles. The second-order valence-electron chi connectivity index (χ2n) is 6.64. The van der Waals surface area contributed by atoms with Crippen LogP contribution in [-0.4, -0.2) is 23.1 Å². The Morgan fingerprint density at radius 2 is 1.95 bits per heavy atom. The SMILES string of the molecule is CCNc1nc(C(OCC)C(C)(C)C)nc(C2CC2)c1I. The molecule has 0 radical (unpaired) electrons. The normalized spacial score (nSPS) is 16.9. The molecule has 1 aliphatic rings. The molecule has 0 aromatic carbocycles. The van der Waals surface area contributed by atoms with E-state index in [0.717, 1.165) is 18.2 Å². The first-order valence-electron chi connectivity index (χ1n) is 7.81. The minimum atomic E-state index is -0.0746. The molecule has 0 amide bonds. The summed E-state index contributed by atoms with van der Waals surface area (Å²) >= 11 is 2.37. The van der Waals surface area contributed by atoms with E-state index >= 15 is 0 Å². The Morgan fingerprint density at radius 1 is 1.29 bits per heavy atom. The van der Waals surface area contributed by atoms with Gasteiger partial charge in [-0.1, -0.05) is 20.8 Å². The van der Waals surface area contributed by atoms with E-state index in [1.54, 1.807) is 0 Å². The average molecular weight is 403 g/mol. The largest absolute Gasteiger partial charge is 0.370 e. The highest BCUT2D eigenvalue weighted by Crippen LogP contribution is 2.44. The van der Waals surface area contributed by atoms with Gasteiger partial charge >= 0.3 is 0 Å². The Hall–Kier alpha value is -0.430. The monoisotopic (exact) mass is 403 g/mol. The number of anilines is 1. The first kappa shape index (κ1) is 16.9. The van der Waals surface area contributed by atoms with E-state index in [2.05, 4.69) is 55.6 Å². The van der Waals surface area contributed by atoms with Crippen LogP contribution in [0.3, 0.4) is 0 Å². The highest BCUT2D eigenvalue weighted by atomic mass is 127. The molecule has 0 aliphatic heterocycles. The van der Waals surface area contributed by atoms with E-state index in [4.69, 9.17) is 14.7 Å². The number of hydrogen-bond donors (Lipinski definition) is 1. The lowest BCUT2D eigenvalue weighted by molar-refractivity contribution is -0.0191. The Morgan fingerprint density at radius 3 is 2.43 bits per heavy atom. The molecule has 1 unspecified atom stereocenters. The van der Waals surface area contributed by atoms with Gasteiger partial charge in [-0.25, -0.2) is 9.97 Å². The van der Waals surface area contributed by atoms with Gasteiger partial charge < -0.3 is 10.1 Å². The van der Waals surface area contributed by atoms with Crippen LogP contribution in [0, 0.1) is 8.99 Å². The maximum absolute atomic E-state index is 5.97. The van der Waals surface area contributed by atoms with Crippen molar-refractivity contribution in [1.82, 2.24) is 9.97 Å². The predicted molar refractivity (Wildman–Crippen MR) is 94.7 cm³/mol. The standard InChI is InChI=1S/C16H26IN3O/c1-6-18-14-11(17)12(10-8-9-10)19-15(20-14)13(21-7-2)16(3,4)5/h10,13H,6-9H2,1-5H3,(H,18,19,20). The van der Waals surface area contributed by atoms with E-state index in [1.807, 2.05) is 6.92 Å². The van der Waals surface area contributed by atoms with Gasteiger partial charge in [-0.15, -0.1) is 0 Å². The molecule has 0 bridgehead atoms. The maximum Gasteiger partial charge on any atom is 0.160 e. The molecule has 0 spiro atoms. The van der Waals surface area contributed by atoms with E-state index in [1.165, 1.54) is 22.1 Å². The van der Waals surface area contributed by atoms with Gasteiger partial charge in [0.1, 0.15) is 11.9 Å². The molecule has 21 heavy (non-hydrogen) atoms. The van der Waals surface area contributed by atoms with Crippen LogP contribution in [0.1, 0.15) is 71.0 Å². The Labute approximate surface area is 141 Å². The fraction of sp³-hybridized carbons (Fsp3) is 0.750. The number of ether oxygens (including phenoxy) is 1. The molecule has 5 heteroatoms. The van der Waals surface area contributed by atoms with Crippen LogP contribution in [0.2, 0.25) is 0 Å². The first-order valence-corrected chi connectivity index (χ1v) is 8.89. The lowest BCUT2D eigenvalue weighted by Gasteiger charge is -2.29. The van der Waals surface area contributed by atoms with Gasteiger partial charge in [0, 0.05) is 19.1 Å². The van der Waals surface area contributed by atoms with Crippen molar-refractivity contribution in [2.45, 2.75) is 59.5 Å². The minimum absolute atomic E-state index is 0.0207. The molecule has 1 aromatic rings. The third kappa shape index (κ3) is 4.06. The molecule has 1 aromatic heterocycles. The van der Waals surface area contributed by atoms with Crippen LogP contribution in [0.5, 0.6) is 0 Å². The van der Waals surface area contributed by atoms with Crippen molar-refractivity contribution in [2.24, 2.45) is 5.41 Å². The van der Waals surface area contributed by atoms with Crippen molar-refractivity contribution in [3.63, 3.8) is 0 Å². The third-order valence-electron chi connectivity index (χ3n) is 3.56. The van der Waals surface area contributed by atoms with Gasteiger partial charge in [0.15, 0.2) is 5.82 Å². The fourth-order valence-corrected chi connectivity index (χ4v) is 3.26. The molecule has 1 atom stereocenters. The molecule has 0 saturated heterocycles. The predicted octanol–water partition coefficient (Wildman–Crippen LogP) is 4.51. The number of hydrogen-bond acceptors (Lipinski definition) is 4. The summed E-state index contributed by atoms with van der Waals surface area (Å²) in [5.41, 5.74) is 1.18. The first-order chi connectivity index (χ1) is 9.88. The summed E-state index contributed by atoms with van der Waals surface area (Å²) in [6, 6.07) is 0. The summed E-state index contributed by atoms with van der Waals surface area (Å²) in [4.78, 5) is 9.64. The lowest BCUT2D eigenvalue weighted by atomic mass is 9.88. The van der Waals surface area contributed by atoms with Crippen LogP contribution in [0.25, 0.3) is 0 Å². The summed E-state index contributed by atoms with van der Waals surface area (Å²) in [6.45, 7) is 12.2. The molecule has 2 rings (SSSR count). The highest BCUT2D eigenvalue weighted by Gasteiger charge is 2.34. The van der Waals surface area contributed by atoms with E-state index in [-0.39, 0.29) is 11.5 Å². The fourth-order valence-electron chi connectivity index (χ4n) is 2.39. The molecule has 1 fully saturated rings. The summed E-state index contributed by atoms with van der Waals surface area (Å²) in [5, 5.41) is 3.37. The van der Waals surface area contributed by atoms with E-state index < -0.39 is 0 Å². The highest BCUT2D eigenvalue weighted by molar-refractivity contribution is 14.1. The third-order valence-corrected chi connectivity index (χ3v) is 4.62. The topological polar surface area (TPSA) is 47.0 Å². The number of nitrogens with one attached hydrogen (secondary N) is 1. The molecule has 1 N–H and O–H groups in total. The van der Waals surface area contributed by atoms with Gasteiger partial charge in [0.2, 0.25) is 0 Å². The number of aromatic nitrogens is 2. The molecule has 118 valence electrons. The van der Waals surface area contributed by atoms with Crippen molar-refractivity contribution in [1.29, 1.82) is 0 Å². The molecular formula is C16H26IN3O. The Balaban J connectivity index is 2.45. The molecule has 1 saturated carbocycles. The van der Waals surface area contributed by atoms with Gasteiger partial charge in [0.25, 0.3) is 0 Å². The van der Waals surface area contributed by atoms with Gasteiger partial charge in [-0.2, -0.15) is 0 Å². The molecule has 1 heterocycles. The average Bonchev–Trinajstić information content (AvgIpc) is 3.22. The van der Waals surface area contributed by atoms with Crippen molar-refractivity contribution >= 4 is 28.4 Å². The van der Waals surface area contributed by atoms with Crippen LogP contribution in [-0.2, 0) is 4.74 Å². The molecule has 4 nitrogen and oxygen atoms in total. The minimum Gasteiger partial charge on any atom is -0.370 e. The van der Waals surface area contributed by atoms with Crippen molar-refractivity contribution in [3.8, 4) is 0 Å². The lowest BCUT2D eigenvalue weighted by Crippen LogP contribution is -2.25. The summed E-state index contributed by atoms with van der Waals surface area (Å²) < 4.78 is 7.14. The maximum atomic E-state index is 5.97. The zero-order chi connectivity index (χ0) is 15.6. The quantitative estimate of drug-likeness (QED) is 0.710. The van der Waals surface area contributed by atoms with E-state index in [9.17, 15) is 0 Å². The van der Waals surface area contributed by atoms with Crippen molar-refractivity contribution in [3.05, 3.63) is 15.1 Å². The van der Waals surface area contributed by atoms with Crippen molar-refractivity contribution in [2.75, 3.05) is 18.5 Å². The van der Waals surface area contributed by atoms with Crippen LogP contribution >= 0.6 is 22.6 Å². The summed E-state index contributed by atoms with van der Waals surface area (Å²) in [5.74, 6) is 2.39. The summed E-state index contributed by atoms with van der Waals surface area (Å²) in [6.07, 6.45) is 2.41. The van der Waals surface area contributed by atoms with Gasteiger partial charge in [-0.05, 0) is 54.7 Å². The summed E-state index contributed by atoms with van der Waals surface area (Å²) in [7, 11) is 0. The van der Waals surface area contributed by atoms with E-state index in [0.29, 0.717) is 12.5 Å². The second-order valence-corrected chi connectivity index (χ2v) is 7.71. The van der Waals surface area contributed by atoms with Crippen LogP contribution < -0.4 is 5.32 Å². The number of halogens is 1. The van der Waals surface area contributed by atoms with Gasteiger partial charge in [0.05, 0.1) is 9.26 Å². The zero-order valence-corrected chi connectivity index (χ0v) is 15.8. The number of nitrogens with zero attached hydrogens (tertiary/aromatic N) is 2. The Bertz CT molecular complexity index is 495. The van der Waals surface area contributed by atoms with Crippen LogP contribution in [0.4, 0.5) is 5.82 Å². The zero-order valence-electron chi connectivity index (χ0n) is 13.7. The molecular weight excluding hydrogens is 377 g/mol. The van der Waals surface area contributed by atoms with Gasteiger partial charge in [-0.3, -0.25) is 0 Å². The number of rotatable bonds is 6. The second kappa shape index (κ2) is 6.77. The Kier molecular flexibility index (Phi) is 5.46.